The summed E-state index contributed by atoms with van der Waals surface area (Å²) < 4.78 is 26.4. The highest BCUT2D eigenvalue weighted by molar-refractivity contribution is 5.96. The number of carbonyl (C=O) groups is 2. The van der Waals surface area contributed by atoms with Gasteiger partial charge in [0.2, 0.25) is 11.8 Å². The predicted octanol–water partition coefficient (Wildman–Crippen LogP) is 3.95. The third-order valence-corrected chi connectivity index (χ3v) is 4.39. The van der Waals surface area contributed by atoms with Gasteiger partial charge in [-0.25, -0.2) is 8.78 Å². The SMILES string of the molecule is CCCN(CC(=O)Nc1ccccc1C)C(C)C(=O)Nc1ccc(F)c(F)c1. The van der Waals surface area contributed by atoms with E-state index in [1.807, 2.05) is 38.1 Å². The first-order valence-electron chi connectivity index (χ1n) is 9.17. The molecule has 0 heterocycles. The number of hydrogen-bond acceptors (Lipinski definition) is 3. The van der Waals surface area contributed by atoms with Gasteiger partial charge in [0.15, 0.2) is 11.6 Å². The Morgan fingerprint density at radius 1 is 1.07 bits per heavy atom. The molecule has 7 heteroatoms. The van der Waals surface area contributed by atoms with Crippen LogP contribution in [-0.4, -0.2) is 35.8 Å². The van der Waals surface area contributed by atoms with Crippen LogP contribution in [0.4, 0.5) is 20.2 Å². The second kappa shape index (κ2) is 9.94. The van der Waals surface area contributed by atoms with Crippen molar-refractivity contribution in [2.75, 3.05) is 23.7 Å². The van der Waals surface area contributed by atoms with Gasteiger partial charge in [-0.1, -0.05) is 25.1 Å². The van der Waals surface area contributed by atoms with Crippen LogP contribution < -0.4 is 10.6 Å². The highest BCUT2D eigenvalue weighted by Crippen LogP contribution is 2.15. The Bertz CT molecular complexity index is 842. The first-order valence-corrected chi connectivity index (χ1v) is 9.17. The fourth-order valence-corrected chi connectivity index (χ4v) is 2.77. The molecule has 2 N–H and O–H groups in total. The molecule has 0 radical (unpaired) electrons. The minimum absolute atomic E-state index is 0.0362. The fourth-order valence-electron chi connectivity index (χ4n) is 2.77. The van der Waals surface area contributed by atoms with Gasteiger partial charge in [-0.15, -0.1) is 0 Å². The van der Waals surface area contributed by atoms with E-state index in [1.54, 1.807) is 11.8 Å². The van der Waals surface area contributed by atoms with Gasteiger partial charge in [0.25, 0.3) is 0 Å². The number of benzene rings is 2. The van der Waals surface area contributed by atoms with E-state index in [0.29, 0.717) is 6.54 Å². The van der Waals surface area contributed by atoms with Crippen molar-refractivity contribution in [1.29, 1.82) is 0 Å². The van der Waals surface area contributed by atoms with Crippen molar-refractivity contribution in [3.05, 3.63) is 59.7 Å². The number of nitrogens with one attached hydrogen (secondary N) is 2. The lowest BCUT2D eigenvalue weighted by molar-refractivity contribution is -0.123. The van der Waals surface area contributed by atoms with Gasteiger partial charge in [0, 0.05) is 17.4 Å². The Morgan fingerprint density at radius 2 is 1.79 bits per heavy atom. The maximum absolute atomic E-state index is 13.3. The molecule has 5 nitrogen and oxygen atoms in total. The Labute approximate surface area is 163 Å². The van der Waals surface area contributed by atoms with Crippen LogP contribution in [0.2, 0.25) is 0 Å². The van der Waals surface area contributed by atoms with Crippen LogP contribution in [-0.2, 0) is 9.59 Å². The van der Waals surface area contributed by atoms with Crippen LogP contribution in [0.15, 0.2) is 42.5 Å². The average Bonchev–Trinajstić information content (AvgIpc) is 2.65. The molecule has 0 aromatic heterocycles. The second-order valence-electron chi connectivity index (χ2n) is 6.63. The monoisotopic (exact) mass is 389 g/mol. The molecule has 0 saturated carbocycles. The Hall–Kier alpha value is -2.80. The van der Waals surface area contributed by atoms with Crippen LogP contribution >= 0.6 is 0 Å². The van der Waals surface area contributed by atoms with Gasteiger partial charge in [-0.2, -0.15) is 0 Å². The van der Waals surface area contributed by atoms with Crippen molar-refractivity contribution in [3.63, 3.8) is 0 Å². The maximum Gasteiger partial charge on any atom is 0.241 e. The summed E-state index contributed by atoms with van der Waals surface area (Å²) >= 11 is 0. The maximum atomic E-state index is 13.3. The van der Waals surface area contributed by atoms with Gasteiger partial charge < -0.3 is 10.6 Å². The first-order chi connectivity index (χ1) is 13.3. The molecule has 1 atom stereocenters. The Kier molecular flexibility index (Phi) is 7.63. The van der Waals surface area contributed by atoms with Gasteiger partial charge in [-0.05, 0) is 50.6 Å². The lowest BCUT2D eigenvalue weighted by atomic mass is 10.2. The summed E-state index contributed by atoms with van der Waals surface area (Å²) in [5, 5.41) is 5.41. The zero-order chi connectivity index (χ0) is 20.7. The number of hydrogen-bond donors (Lipinski definition) is 2. The number of nitrogens with zero attached hydrogens (tertiary/aromatic N) is 1. The first kappa shape index (κ1) is 21.5. The van der Waals surface area contributed by atoms with Crippen molar-refractivity contribution in [2.24, 2.45) is 0 Å². The molecule has 0 aliphatic carbocycles. The molecule has 2 amide bonds. The van der Waals surface area contributed by atoms with Crippen molar-refractivity contribution in [3.8, 4) is 0 Å². The number of aryl methyl sites for hydroxylation is 1. The van der Waals surface area contributed by atoms with Gasteiger partial charge in [0.1, 0.15) is 0 Å². The quantitative estimate of drug-likeness (QED) is 0.719. The molecule has 1 unspecified atom stereocenters. The number of rotatable bonds is 8. The molecule has 0 fully saturated rings. The molecule has 0 aliphatic rings. The van der Waals surface area contributed by atoms with Crippen LogP contribution in [0.3, 0.4) is 0 Å². The minimum Gasteiger partial charge on any atom is -0.325 e. The molecular formula is C21H25F2N3O2. The second-order valence-corrected chi connectivity index (χ2v) is 6.63. The molecule has 150 valence electrons. The molecule has 0 saturated heterocycles. The van der Waals surface area contributed by atoms with Crippen LogP contribution in [0.25, 0.3) is 0 Å². The number of anilines is 2. The van der Waals surface area contributed by atoms with Crippen LogP contribution in [0, 0.1) is 18.6 Å². The average molecular weight is 389 g/mol. The topological polar surface area (TPSA) is 61.4 Å². The summed E-state index contributed by atoms with van der Waals surface area (Å²) in [5.74, 6) is -2.64. The molecule has 0 aliphatic heterocycles. The van der Waals surface area contributed by atoms with Crippen LogP contribution in [0.1, 0.15) is 25.8 Å². The molecule has 28 heavy (non-hydrogen) atoms. The third kappa shape index (κ3) is 5.85. The number of halogens is 2. The minimum atomic E-state index is -1.03. The smallest absolute Gasteiger partial charge is 0.241 e. The summed E-state index contributed by atoms with van der Waals surface area (Å²) in [6.45, 7) is 6.09. The molecular weight excluding hydrogens is 364 g/mol. The fraction of sp³-hybridized carbons (Fsp3) is 0.333. The van der Waals surface area contributed by atoms with E-state index in [4.69, 9.17) is 0 Å². The largest absolute Gasteiger partial charge is 0.325 e. The summed E-state index contributed by atoms with van der Waals surface area (Å²) in [5.41, 5.74) is 1.83. The van der Waals surface area contributed by atoms with Gasteiger partial charge in [-0.3, -0.25) is 14.5 Å². The lowest BCUT2D eigenvalue weighted by Crippen LogP contribution is -2.46. The third-order valence-electron chi connectivity index (χ3n) is 4.39. The van der Waals surface area contributed by atoms with E-state index in [2.05, 4.69) is 10.6 Å². The summed E-state index contributed by atoms with van der Waals surface area (Å²) in [6.07, 6.45) is 0.750. The predicted molar refractivity (Wildman–Crippen MR) is 106 cm³/mol. The Morgan fingerprint density at radius 3 is 2.43 bits per heavy atom. The standard InChI is InChI=1S/C21H25F2N3O2/c1-4-11-26(13-20(27)25-19-8-6-5-7-14(19)2)15(3)21(28)24-16-9-10-17(22)18(23)12-16/h5-10,12,15H,4,11,13H2,1-3H3,(H,24,28)(H,25,27). The van der Waals surface area contributed by atoms with Crippen molar-refractivity contribution in [1.82, 2.24) is 4.90 Å². The van der Waals surface area contributed by atoms with Gasteiger partial charge in [0.05, 0.1) is 12.6 Å². The van der Waals surface area contributed by atoms with E-state index < -0.39 is 23.6 Å². The van der Waals surface area contributed by atoms with E-state index >= 15 is 0 Å². The lowest BCUT2D eigenvalue weighted by Gasteiger charge is -2.27. The molecule has 2 aromatic carbocycles. The highest BCUT2D eigenvalue weighted by Gasteiger charge is 2.23. The van der Waals surface area contributed by atoms with Crippen molar-refractivity contribution >= 4 is 23.2 Å². The molecule has 0 bridgehead atoms. The van der Waals surface area contributed by atoms with Crippen molar-refractivity contribution in [2.45, 2.75) is 33.2 Å². The number of carbonyl (C=O) groups excluding carboxylic acids is 2. The highest BCUT2D eigenvalue weighted by atomic mass is 19.2. The number of amides is 2. The van der Waals surface area contributed by atoms with Crippen molar-refractivity contribution < 1.29 is 18.4 Å². The van der Waals surface area contributed by atoms with E-state index in [0.717, 1.165) is 29.8 Å². The molecule has 2 aromatic rings. The van der Waals surface area contributed by atoms with E-state index in [9.17, 15) is 18.4 Å². The molecule has 2 rings (SSSR count). The summed E-state index contributed by atoms with van der Waals surface area (Å²) in [6, 6.07) is 9.98. The zero-order valence-corrected chi connectivity index (χ0v) is 16.3. The van der Waals surface area contributed by atoms with E-state index in [1.165, 1.54) is 6.07 Å². The van der Waals surface area contributed by atoms with Gasteiger partial charge >= 0.3 is 0 Å². The molecule has 0 spiro atoms. The summed E-state index contributed by atoms with van der Waals surface area (Å²) in [4.78, 5) is 26.7. The number of para-hydroxylation sites is 1. The normalized spacial score (nSPS) is 11.9. The Balaban J connectivity index is 2.02. The summed E-state index contributed by atoms with van der Waals surface area (Å²) in [7, 11) is 0. The van der Waals surface area contributed by atoms with E-state index in [-0.39, 0.29) is 18.1 Å². The van der Waals surface area contributed by atoms with Crippen LogP contribution in [0.5, 0.6) is 0 Å². The zero-order valence-electron chi connectivity index (χ0n) is 16.3.